The van der Waals surface area contributed by atoms with Gasteiger partial charge in [-0.25, -0.2) is 9.78 Å². The standard InChI is InChI=1S/C16H11F3N2O3/c1-23-15(22)24-10-6-7-14-20-13(9-21(14)8-10)11-4-2-3-5-12(11)16(17,18)19/h2-9H,1H3. The highest BCUT2D eigenvalue weighted by molar-refractivity contribution is 5.68. The van der Waals surface area contributed by atoms with E-state index >= 15 is 0 Å². The molecule has 0 spiro atoms. The van der Waals surface area contributed by atoms with Crippen molar-refractivity contribution in [2.75, 3.05) is 7.11 Å². The highest BCUT2D eigenvalue weighted by Gasteiger charge is 2.33. The fourth-order valence-corrected chi connectivity index (χ4v) is 2.25. The molecular weight excluding hydrogens is 325 g/mol. The number of benzene rings is 1. The summed E-state index contributed by atoms with van der Waals surface area (Å²) >= 11 is 0. The number of hydrogen-bond donors (Lipinski definition) is 0. The van der Waals surface area contributed by atoms with Crippen LogP contribution in [0.3, 0.4) is 0 Å². The molecule has 0 atom stereocenters. The molecule has 0 saturated carbocycles. The lowest BCUT2D eigenvalue weighted by Crippen LogP contribution is -2.07. The molecule has 24 heavy (non-hydrogen) atoms. The lowest BCUT2D eigenvalue weighted by atomic mass is 10.1. The Morgan fingerprint density at radius 2 is 1.88 bits per heavy atom. The van der Waals surface area contributed by atoms with Gasteiger partial charge in [0, 0.05) is 11.8 Å². The summed E-state index contributed by atoms with van der Waals surface area (Å²) < 4.78 is 50.1. The van der Waals surface area contributed by atoms with Gasteiger partial charge in [0.15, 0.2) is 5.75 Å². The number of pyridine rings is 1. The van der Waals surface area contributed by atoms with Gasteiger partial charge in [0.2, 0.25) is 0 Å². The molecule has 0 fully saturated rings. The molecule has 0 radical (unpaired) electrons. The van der Waals surface area contributed by atoms with E-state index in [2.05, 4.69) is 9.72 Å². The van der Waals surface area contributed by atoms with Gasteiger partial charge in [0.25, 0.3) is 0 Å². The second kappa shape index (κ2) is 5.88. The number of carbonyl (C=O) groups excluding carboxylic acids is 1. The maximum Gasteiger partial charge on any atom is 0.513 e. The molecule has 0 aliphatic rings. The summed E-state index contributed by atoms with van der Waals surface area (Å²) in [5.74, 6) is 0.183. The minimum Gasteiger partial charge on any atom is -0.437 e. The van der Waals surface area contributed by atoms with E-state index in [1.807, 2.05) is 0 Å². The van der Waals surface area contributed by atoms with Crippen molar-refractivity contribution in [1.29, 1.82) is 0 Å². The molecule has 124 valence electrons. The van der Waals surface area contributed by atoms with E-state index in [1.54, 1.807) is 0 Å². The van der Waals surface area contributed by atoms with E-state index in [9.17, 15) is 18.0 Å². The van der Waals surface area contributed by atoms with Crippen LogP contribution < -0.4 is 4.74 Å². The van der Waals surface area contributed by atoms with Crippen LogP contribution in [0.25, 0.3) is 16.9 Å². The number of carbonyl (C=O) groups is 1. The zero-order valence-corrected chi connectivity index (χ0v) is 12.4. The predicted octanol–water partition coefficient (Wildman–Crippen LogP) is 4.17. The Kier molecular flexibility index (Phi) is 3.88. The topological polar surface area (TPSA) is 52.8 Å². The third-order valence-corrected chi connectivity index (χ3v) is 3.30. The molecule has 0 aliphatic carbocycles. The average Bonchev–Trinajstić information content (AvgIpc) is 2.97. The zero-order chi connectivity index (χ0) is 17.3. The number of imidazole rings is 1. The van der Waals surface area contributed by atoms with Crippen LogP contribution in [0.2, 0.25) is 0 Å². The van der Waals surface area contributed by atoms with Gasteiger partial charge < -0.3 is 13.9 Å². The summed E-state index contributed by atoms with van der Waals surface area (Å²) in [6.45, 7) is 0. The molecule has 5 nitrogen and oxygen atoms in total. The summed E-state index contributed by atoms with van der Waals surface area (Å²) in [7, 11) is 1.17. The Bertz CT molecular complexity index is 903. The van der Waals surface area contributed by atoms with Crippen molar-refractivity contribution in [2.45, 2.75) is 6.18 Å². The van der Waals surface area contributed by atoms with Gasteiger partial charge in [0.05, 0.1) is 24.6 Å². The second-order valence-corrected chi connectivity index (χ2v) is 4.86. The number of ether oxygens (including phenoxy) is 2. The van der Waals surface area contributed by atoms with Crippen molar-refractivity contribution < 1.29 is 27.4 Å². The number of rotatable bonds is 2. The molecule has 0 aliphatic heterocycles. The van der Waals surface area contributed by atoms with Crippen LogP contribution in [0.4, 0.5) is 18.0 Å². The maximum absolute atomic E-state index is 13.1. The van der Waals surface area contributed by atoms with Crippen molar-refractivity contribution >= 4 is 11.8 Å². The summed E-state index contributed by atoms with van der Waals surface area (Å²) in [5, 5.41) is 0. The highest BCUT2D eigenvalue weighted by Crippen LogP contribution is 2.36. The first-order valence-corrected chi connectivity index (χ1v) is 6.79. The molecule has 3 rings (SSSR count). The van der Waals surface area contributed by atoms with Crippen LogP contribution in [0, 0.1) is 0 Å². The number of halogens is 3. The van der Waals surface area contributed by atoms with Gasteiger partial charge in [-0.1, -0.05) is 18.2 Å². The Hall–Kier alpha value is -3.03. The largest absolute Gasteiger partial charge is 0.513 e. The molecule has 0 unspecified atom stereocenters. The molecule has 0 amide bonds. The van der Waals surface area contributed by atoms with Gasteiger partial charge in [-0.05, 0) is 18.2 Å². The number of fused-ring (bicyclic) bond motifs is 1. The normalized spacial score (nSPS) is 11.5. The third-order valence-electron chi connectivity index (χ3n) is 3.30. The summed E-state index contributed by atoms with van der Waals surface area (Å²) in [4.78, 5) is 15.3. The molecule has 2 heterocycles. The zero-order valence-electron chi connectivity index (χ0n) is 12.4. The third kappa shape index (κ3) is 3.03. The number of nitrogens with zero attached hydrogens (tertiary/aromatic N) is 2. The predicted molar refractivity (Wildman–Crippen MR) is 78.7 cm³/mol. The maximum atomic E-state index is 13.1. The number of methoxy groups -OCH3 is 1. The molecule has 0 N–H and O–H groups in total. The van der Waals surface area contributed by atoms with Crippen LogP contribution in [-0.4, -0.2) is 22.6 Å². The molecule has 0 saturated heterocycles. The van der Waals surface area contributed by atoms with Crippen LogP contribution in [-0.2, 0) is 10.9 Å². The van der Waals surface area contributed by atoms with Gasteiger partial charge in [0.1, 0.15) is 5.65 Å². The van der Waals surface area contributed by atoms with E-state index in [0.29, 0.717) is 5.65 Å². The number of hydrogen-bond acceptors (Lipinski definition) is 4. The Labute approximate surface area is 134 Å². The molecule has 2 aromatic heterocycles. The fraction of sp³-hybridized carbons (Fsp3) is 0.125. The average molecular weight is 336 g/mol. The molecular formula is C16H11F3N2O3. The Balaban J connectivity index is 2.05. The lowest BCUT2D eigenvalue weighted by Gasteiger charge is -2.10. The Morgan fingerprint density at radius 1 is 1.12 bits per heavy atom. The van der Waals surface area contributed by atoms with Crippen molar-refractivity contribution in [3.05, 3.63) is 54.4 Å². The molecule has 1 aromatic carbocycles. The first-order valence-electron chi connectivity index (χ1n) is 6.79. The van der Waals surface area contributed by atoms with Crippen molar-refractivity contribution in [3.63, 3.8) is 0 Å². The van der Waals surface area contributed by atoms with E-state index < -0.39 is 17.9 Å². The van der Waals surface area contributed by atoms with Crippen LogP contribution in [0.15, 0.2) is 48.8 Å². The monoisotopic (exact) mass is 336 g/mol. The molecule has 3 aromatic rings. The smallest absolute Gasteiger partial charge is 0.437 e. The van der Waals surface area contributed by atoms with Gasteiger partial charge in [-0.15, -0.1) is 0 Å². The fourth-order valence-electron chi connectivity index (χ4n) is 2.25. The van der Waals surface area contributed by atoms with Gasteiger partial charge in [-0.3, -0.25) is 0 Å². The van der Waals surface area contributed by atoms with Gasteiger partial charge >= 0.3 is 12.3 Å². The first-order chi connectivity index (χ1) is 11.4. The summed E-state index contributed by atoms with van der Waals surface area (Å²) in [5.41, 5.74) is -0.207. The van der Waals surface area contributed by atoms with E-state index in [0.717, 1.165) is 6.07 Å². The van der Waals surface area contributed by atoms with Crippen molar-refractivity contribution in [3.8, 4) is 17.0 Å². The molecule has 8 heteroatoms. The van der Waals surface area contributed by atoms with Crippen LogP contribution >= 0.6 is 0 Å². The van der Waals surface area contributed by atoms with Crippen LogP contribution in [0.1, 0.15) is 5.56 Å². The molecule has 0 bridgehead atoms. The minimum absolute atomic E-state index is 0.0239. The summed E-state index contributed by atoms with van der Waals surface area (Å²) in [6, 6.07) is 8.20. The highest BCUT2D eigenvalue weighted by atomic mass is 19.4. The second-order valence-electron chi connectivity index (χ2n) is 4.86. The van der Waals surface area contributed by atoms with Crippen molar-refractivity contribution in [1.82, 2.24) is 9.38 Å². The quantitative estimate of drug-likeness (QED) is 0.659. The number of aromatic nitrogens is 2. The number of alkyl halides is 3. The first kappa shape index (κ1) is 15.9. The lowest BCUT2D eigenvalue weighted by molar-refractivity contribution is -0.137. The van der Waals surface area contributed by atoms with E-state index in [4.69, 9.17) is 4.74 Å². The van der Waals surface area contributed by atoms with Crippen LogP contribution in [0.5, 0.6) is 5.75 Å². The van der Waals surface area contributed by atoms with Crippen molar-refractivity contribution in [2.24, 2.45) is 0 Å². The summed E-state index contributed by atoms with van der Waals surface area (Å²) in [6.07, 6.45) is -2.51. The van der Waals surface area contributed by atoms with E-state index in [-0.39, 0.29) is 17.0 Å². The Morgan fingerprint density at radius 3 is 2.58 bits per heavy atom. The van der Waals surface area contributed by atoms with E-state index in [1.165, 1.54) is 54.2 Å². The van der Waals surface area contributed by atoms with Gasteiger partial charge in [-0.2, -0.15) is 13.2 Å². The minimum atomic E-state index is -4.48. The SMILES string of the molecule is COC(=O)Oc1ccc2nc(-c3ccccc3C(F)(F)F)cn2c1.